The van der Waals surface area contributed by atoms with Crippen molar-refractivity contribution in [1.29, 1.82) is 5.26 Å². The second kappa shape index (κ2) is 2.84. The molecular formula is C7H12N2. The molecule has 0 bridgehead atoms. The van der Waals surface area contributed by atoms with Crippen LogP contribution in [0.15, 0.2) is 0 Å². The van der Waals surface area contributed by atoms with Crippen LogP contribution in [0.25, 0.3) is 0 Å². The molecule has 1 aliphatic rings. The minimum absolute atomic E-state index is 0.138. The predicted octanol–water partition coefficient (Wildman–Crippen LogP) is 1.03. The van der Waals surface area contributed by atoms with Crippen LogP contribution in [-0.4, -0.2) is 6.04 Å². The summed E-state index contributed by atoms with van der Waals surface area (Å²) in [6.45, 7) is 0. The van der Waals surface area contributed by atoms with Crippen molar-refractivity contribution in [2.24, 2.45) is 11.7 Å². The summed E-state index contributed by atoms with van der Waals surface area (Å²) in [7, 11) is 0. The van der Waals surface area contributed by atoms with Gasteiger partial charge in [-0.15, -0.1) is 0 Å². The molecule has 0 radical (unpaired) electrons. The largest absolute Gasteiger partial charge is 0.327 e. The van der Waals surface area contributed by atoms with E-state index < -0.39 is 0 Å². The van der Waals surface area contributed by atoms with Gasteiger partial charge in [-0.3, -0.25) is 0 Å². The van der Waals surface area contributed by atoms with Crippen LogP contribution in [0.3, 0.4) is 0 Å². The zero-order valence-corrected chi connectivity index (χ0v) is 5.51. The SMILES string of the molecule is N#C[C@@H]1CCCCC1N. The average Bonchev–Trinajstić information content (AvgIpc) is 1.89. The molecule has 0 heterocycles. The minimum Gasteiger partial charge on any atom is -0.327 e. The third kappa shape index (κ3) is 1.43. The Morgan fingerprint density at radius 3 is 2.44 bits per heavy atom. The van der Waals surface area contributed by atoms with Crippen LogP contribution in [0.1, 0.15) is 25.7 Å². The van der Waals surface area contributed by atoms with E-state index in [1.807, 2.05) is 0 Å². The van der Waals surface area contributed by atoms with E-state index in [1.54, 1.807) is 0 Å². The number of nitrogens with zero attached hydrogens (tertiary/aromatic N) is 1. The van der Waals surface area contributed by atoms with Crippen LogP contribution >= 0.6 is 0 Å². The molecule has 2 heteroatoms. The first-order valence-electron chi connectivity index (χ1n) is 3.50. The van der Waals surface area contributed by atoms with Crippen molar-refractivity contribution in [1.82, 2.24) is 0 Å². The Bertz CT molecular complexity index is 125. The van der Waals surface area contributed by atoms with E-state index in [4.69, 9.17) is 11.0 Å². The maximum Gasteiger partial charge on any atom is 0.0672 e. The zero-order chi connectivity index (χ0) is 6.69. The highest BCUT2D eigenvalue weighted by Gasteiger charge is 2.20. The quantitative estimate of drug-likeness (QED) is 0.524. The molecule has 1 aliphatic carbocycles. The van der Waals surface area contributed by atoms with E-state index in [2.05, 4.69) is 6.07 Å². The summed E-state index contributed by atoms with van der Waals surface area (Å²) in [4.78, 5) is 0. The van der Waals surface area contributed by atoms with Crippen LogP contribution in [0, 0.1) is 17.2 Å². The smallest absolute Gasteiger partial charge is 0.0672 e. The topological polar surface area (TPSA) is 49.8 Å². The van der Waals surface area contributed by atoms with Crippen molar-refractivity contribution in [3.8, 4) is 6.07 Å². The lowest BCUT2D eigenvalue weighted by Crippen LogP contribution is -2.31. The molecule has 0 amide bonds. The Morgan fingerprint density at radius 2 is 2.00 bits per heavy atom. The molecule has 0 aromatic heterocycles. The summed E-state index contributed by atoms with van der Waals surface area (Å²) < 4.78 is 0. The molecule has 1 fully saturated rings. The Labute approximate surface area is 55.7 Å². The number of rotatable bonds is 0. The van der Waals surface area contributed by atoms with Gasteiger partial charge in [-0.1, -0.05) is 12.8 Å². The maximum absolute atomic E-state index is 8.53. The number of hydrogen-bond donors (Lipinski definition) is 1. The van der Waals surface area contributed by atoms with Gasteiger partial charge in [-0.25, -0.2) is 0 Å². The first kappa shape index (κ1) is 6.57. The molecule has 0 aromatic rings. The molecule has 2 atom stereocenters. The van der Waals surface area contributed by atoms with Crippen LogP contribution in [-0.2, 0) is 0 Å². The van der Waals surface area contributed by atoms with E-state index in [0.717, 1.165) is 12.8 Å². The summed E-state index contributed by atoms with van der Waals surface area (Å²) in [5.74, 6) is 0.138. The van der Waals surface area contributed by atoms with Crippen molar-refractivity contribution < 1.29 is 0 Å². The van der Waals surface area contributed by atoms with E-state index in [-0.39, 0.29) is 12.0 Å². The van der Waals surface area contributed by atoms with Crippen LogP contribution in [0.4, 0.5) is 0 Å². The van der Waals surface area contributed by atoms with E-state index in [1.165, 1.54) is 12.8 Å². The van der Waals surface area contributed by atoms with Gasteiger partial charge in [0, 0.05) is 6.04 Å². The van der Waals surface area contributed by atoms with Gasteiger partial charge in [0.1, 0.15) is 0 Å². The van der Waals surface area contributed by atoms with Gasteiger partial charge >= 0.3 is 0 Å². The predicted molar refractivity (Wildman–Crippen MR) is 35.5 cm³/mol. The van der Waals surface area contributed by atoms with E-state index in [0.29, 0.717) is 0 Å². The highest BCUT2D eigenvalue weighted by Crippen LogP contribution is 2.21. The molecule has 1 rings (SSSR count). The summed E-state index contributed by atoms with van der Waals surface area (Å²) in [5.41, 5.74) is 5.67. The number of nitrogens with two attached hydrogens (primary N) is 1. The first-order valence-corrected chi connectivity index (χ1v) is 3.50. The Morgan fingerprint density at radius 1 is 1.33 bits per heavy atom. The maximum atomic E-state index is 8.53. The number of nitriles is 1. The monoisotopic (exact) mass is 124 g/mol. The lowest BCUT2D eigenvalue weighted by Gasteiger charge is -2.22. The normalized spacial score (nSPS) is 35.6. The molecule has 0 aromatic carbocycles. The summed E-state index contributed by atoms with van der Waals surface area (Å²) in [6, 6.07) is 2.38. The van der Waals surface area contributed by atoms with Gasteiger partial charge in [0.2, 0.25) is 0 Å². The lowest BCUT2D eigenvalue weighted by molar-refractivity contribution is 0.369. The highest BCUT2D eigenvalue weighted by molar-refractivity contribution is 4.92. The minimum atomic E-state index is 0.138. The van der Waals surface area contributed by atoms with E-state index >= 15 is 0 Å². The molecule has 1 unspecified atom stereocenters. The van der Waals surface area contributed by atoms with E-state index in [9.17, 15) is 0 Å². The third-order valence-corrected chi connectivity index (χ3v) is 1.99. The number of hydrogen-bond acceptors (Lipinski definition) is 2. The molecule has 0 aliphatic heterocycles. The van der Waals surface area contributed by atoms with Gasteiger partial charge in [0.15, 0.2) is 0 Å². The summed E-state index contributed by atoms with van der Waals surface area (Å²) in [6.07, 6.45) is 4.45. The van der Waals surface area contributed by atoms with Gasteiger partial charge < -0.3 is 5.73 Å². The summed E-state index contributed by atoms with van der Waals surface area (Å²) >= 11 is 0. The fraction of sp³-hybridized carbons (Fsp3) is 0.857. The zero-order valence-electron chi connectivity index (χ0n) is 5.51. The first-order chi connectivity index (χ1) is 4.34. The average molecular weight is 124 g/mol. The van der Waals surface area contributed by atoms with Crippen molar-refractivity contribution in [3.63, 3.8) is 0 Å². The highest BCUT2D eigenvalue weighted by atomic mass is 14.7. The van der Waals surface area contributed by atoms with Gasteiger partial charge in [0.05, 0.1) is 12.0 Å². The molecular weight excluding hydrogens is 112 g/mol. The van der Waals surface area contributed by atoms with Crippen molar-refractivity contribution >= 4 is 0 Å². The Kier molecular flexibility index (Phi) is 2.07. The molecule has 1 saturated carbocycles. The Hall–Kier alpha value is -0.550. The van der Waals surface area contributed by atoms with Crippen LogP contribution < -0.4 is 5.73 Å². The molecule has 50 valence electrons. The Balaban J connectivity index is 2.41. The lowest BCUT2D eigenvalue weighted by atomic mass is 9.86. The van der Waals surface area contributed by atoms with Crippen molar-refractivity contribution in [2.45, 2.75) is 31.7 Å². The van der Waals surface area contributed by atoms with Gasteiger partial charge in [-0.2, -0.15) is 5.26 Å². The second-order valence-corrected chi connectivity index (χ2v) is 2.68. The van der Waals surface area contributed by atoms with Crippen molar-refractivity contribution in [2.75, 3.05) is 0 Å². The standard InChI is InChI=1S/C7H12N2/c8-5-6-3-1-2-4-7(6)9/h6-7H,1-4,9H2/t6-,7?/m0/s1. The summed E-state index contributed by atoms with van der Waals surface area (Å²) in [5, 5.41) is 8.53. The molecule has 0 spiro atoms. The molecule has 0 saturated heterocycles. The molecule has 2 nitrogen and oxygen atoms in total. The molecule has 9 heavy (non-hydrogen) atoms. The fourth-order valence-corrected chi connectivity index (χ4v) is 1.32. The van der Waals surface area contributed by atoms with Crippen LogP contribution in [0.2, 0.25) is 0 Å². The van der Waals surface area contributed by atoms with Gasteiger partial charge in [0.25, 0.3) is 0 Å². The third-order valence-electron chi connectivity index (χ3n) is 1.99. The van der Waals surface area contributed by atoms with Gasteiger partial charge in [-0.05, 0) is 12.8 Å². The van der Waals surface area contributed by atoms with Crippen molar-refractivity contribution in [3.05, 3.63) is 0 Å². The van der Waals surface area contributed by atoms with Crippen LogP contribution in [0.5, 0.6) is 0 Å². The second-order valence-electron chi connectivity index (χ2n) is 2.68. The fourth-order valence-electron chi connectivity index (χ4n) is 1.32. The molecule has 2 N–H and O–H groups in total.